The molecule has 0 aliphatic carbocycles. The lowest BCUT2D eigenvalue weighted by Gasteiger charge is -2.32. The van der Waals surface area contributed by atoms with Crippen molar-refractivity contribution >= 4 is 118 Å². The summed E-state index contributed by atoms with van der Waals surface area (Å²) in [5.74, 6) is -14.1. The summed E-state index contributed by atoms with van der Waals surface area (Å²) in [4.78, 5) is 206. The van der Waals surface area contributed by atoms with Gasteiger partial charge in [-0.1, -0.05) is 96.1 Å². The number of aliphatic carboxylic acids is 1. The maximum atomic E-state index is 14.7. The van der Waals surface area contributed by atoms with Crippen LogP contribution < -0.4 is 92.5 Å². The topological polar surface area (TPSA) is 639 Å². The van der Waals surface area contributed by atoms with Crippen molar-refractivity contribution in [2.75, 3.05) is 56.8 Å². The molecule has 1 aromatic carbocycles. The Morgan fingerprint density at radius 1 is 0.526 bits per heavy atom. The van der Waals surface area contributed by atoms with Gasteiger partial charge in [0, 0.05) is 31.8 Å². The normalized spacial score (nSPS) is 16.0. The molecule has 1 aliphatic heterocycles. The van der Waals surface area contributed by atoms with Gasteiger partial charge in [0.1, 0.15) is 72.2 Å². The molecular formula is C76H131N19O19S2. The largest absolute Gasteiger partial charge is 0.508 e. The molecule has 1 unspecified atom stereocenters. The SMILES string of the molecule is CCCCCCCCCCCCCCCC(=O)N[C@@H](CCSC)C(=O)NCC(=O)N[C@@H](Cc1ccc(O)cc1)C(=O)N[C@@H](CCC(N)=O)C(=O)N[C@@H](CCCCN)C(=O)N[C@@H](CCCCN)C(=O)N[C@H]1CC(C)N([C@@H](CCCNC(=N)N)C(=O)N[C@@H](CO)C(=O)N[C@H](CCSC)C(=O)N[C@H](C(=O)N[C@@H](CC(=O)O)C(N)=O)[C@@H](C)O)C1=O. The van der Waals surface area contributed by atoms with E-state index in [9.17, 15) is 92.3 Å². The van der Waals surface area contributed by atoms with E-state index < -0.39 is 200 Å². The first-order chi connectivity index (χ1) is 55.2. The monoisotopic (exact) mass is 1680 g/mol. The molecule has 0 spiro atoms. The summed E-state index contributed by atoms with van der Waals surface area (Å²) < 4.78 is 0. The Bertz CT molecular complexity index is 3290. The van der Waals surface area contributed by atoms with Gasteiger partial charge in [-0.25, -0.2) is 0 Å². The number of thioether (sulfide) groups is 2. The highest BCUT2D eigenvalue weighted by Crippen LogP contribution is 2.26. The maximum Gasteiger partial charge on any atom is 0.305 e. The number of hydrogen-bond donors (Lipinski definition) is 22. The highest BCUT2D eigenvalue weighted by Gasteiger charge is 2.46. The summed E-state index contributed by atoms with van der Waals surface area (Å²) in [7, 11) is 0. The number of aliphatic hydroxyl groups is 2. The fourth-order valence-corrected chi connectivity index (χ4v) is 13.8. The van der Waals surface area contributed by atoms with Crippen molar-refractivity contribution in [1.82, 2.24) is 68.7 Å². The van der Waals surface area contributed by atoms with Crippen LogP contribution in [-0.4, -0.2) is 255 Å². The number of benzene rings is 1. The third kappa shape index (κ3) is 41.6. The summed E-state index contributed by atoms with van der Waals surface area (Å²) in [5, 5.41) is 78.4. The molecule has 0 aromatic heterocycles. The van der Waals surface area contributed by atoms with Gasteiger partial charge >= 0.3 is 5.97 Å². The number of unbranched alkanes of at least 4 members (excludes halogenated alkanes) is 14. The van der Waals surface area contributed by atoms with Crippen LogP contribution in [0.25, 0.3) is 0 Å². The second-order valence-electron chi connectivity index (χ2n) is 29.1. The first kappa shape index (κ1) is 103. The van der Waals surface area contributed by atoms with E-state index in [2.05, 4.69) is 70.7 Å². The molecule has 116 heavy (non-hydrogen) atoms. The maximum absolute atomic E-state index is 14.7. The van der Waals surface area contributed by atoms with E-state index in [0.717, 1.165) is 37.5 Å². The Kier molecular flexibility index (Phi) is 52.1. The van der Waals surface area contributed by atoms with Crippen LogP contribution >= 0.6 is 23.5 Å². The average molecular weight is 1680 g/mol. The second kappa shape index (κ2) is 58.7. The minimum atomic E-state index is -1.82. The van der Waals surface area contributed by atoms with Crippen LogP contribution in [0, 0.1) is 5.41 Å². The standard InChI is InChI=1S/C76H131N19O19S2/c1-6-7-8-9-10-11-12-13-14-15-16-17-18-27-61(100)85-53(34-39-115-4)66(105)84-44-62(101)86-56(42-48-28-30-49(98)31-29-48)71(110)89-52(32-33-60(79)99)69(108)88-50(24-19-21-36-77)67(106)87-51(25-20-22-37-78)68(107)92-57-41-46(2)95(75(57)114)59(26-23-38-83-76(81)82)73(112)93-58(45-96)72(111)90-54(35-40-116-5)70(109)94-64(47(3)97)74(113)91-55(65(80)104)43-63(102)103/h28-31,46-47,50-59,64,96-98H,6-27,32-45,77-78H2,1-5H3,(H2,79,99)(H2,80,104)(H,84,105)(H,85,100)(H,86,101)(H,87,106)(H,88,108)(H,89,110)(H,90,111)(H,91,113)(H,92,107)(H,93,112)(H,94,109)(H,102,103)(H4,81,82,83)/t46?,47-,50+,51+,52+,53+,54-,55+,56+,57+,58+,59+,64+/m1/s1. The van der Waals surface area contributed by atoms with Crippen LogP contribution in [-0.2, 0) is 78.3 Å². The van der Waals surface area contributed by atoms with Gasteiger partial charge in [-0.3, -0.25) is 77.3 Å². The molecule has 0 saturated carbocycles. The lowest BCUT2D eigenvalue weighted by atomic mass is 10.0. The summed E-state index contributed by atoms with van der Waals surface area (Å²) in [5.41, 5.74) is 28.5. The molecule has 2 rings (SSSR count). The number of likely N-dealkylation sites (tertiary alicyclic amines) is 1. The van der Waals surface area contributed by atoms with Crippen molar-refractivity contribution in [2.45, 2.75) is 286 Å². The van der Waals surface area contributed by atoms with E-state index in [1.54, 1.807) is 13.2 Å². The predicted molar refractivity (Wildman–Crippen MR) is 439 cm³/mol. The summed E-state index contributed by atoms with van der Waals surface area (Å²) in [6.07, 6.45) is 15.7. The van der Waals surface area contributed by atoms with E-state index in [1.165, 1.54) is 99.2 Å². The number of carbonyl (C=O) groups is 15. The van der Waals surface area contributed by atoms with E-state index in [0.29, 0.717) is 30.6 Å². The van der Waals surface area contributed by atoms with Crippen LogP contribution in [0.4, 0.5) is 0 Å². The third-order valence-electron chi connectivity index (χ3n) is 19.4. The van der Waals surface area contributed by atoms with Crippen molar-refractivity contribution < 1.29 is 92.3 Å². The van der Waals surface area contributed by atoms with Gasteiger partial charge in [-0.15, -0.1) is 0 Å². The third-order valence-corrected chi connectivity index (χ3v) is 20.7. The predicted octanol–water partition coefficient (Wildman–Crippen LogP) is -2.00. The Morgan fingerprint density at radius 3 is 1.48 bits per heavy atom. The highest BCUT2D eigenvalue weighted by molar-refractivity contribution is 7.98. The number of nitrogens with one attached hydrogen (secondary N) is 13. The molecule has 40 heteroatoms. The van der Waals surface area contributed by atoms with Gasteiger partial charge in [0.15, 0.2) is 5.96 Å². The molecule has 1 saturated heterocycles. The Balaban J connectivity index is 2.42. The minimum Gasteiger partial charge on any atom is -0.508 e. The van der Waals surface area contributed by atoms with Crippen molar-refractivity contribution in [3.05, 3.63) is 29.8 Å². The van der Waals surface area contributed by atoms with Crippen LogP contribution in [0.2, 0.25) is 0 Å². The quantitative estimate of drug-likeness (QED) is 0.0190. The zero-order chi connectivity index (χ0) is 86.7. The molecule has 656 valence electrons. The number of primary amides is 2. The van der Waals surface area contributed by atoms with Crippen LogP contribution in [0.1, 0.15) is 206 Å². The van der Waals surface area contributed by atoms with Crippen LogP contribution in [0.3, 0.4) is 0 Å². The van der Waals surface area contributed by atoms with Crippen LogP contribution in [0.15, 0.2) is 24.3 Å². The smallest absolute Gasteiger partial charge is 0.305 e. The fourth-order valence-electron chi connectivity index (χ4n) is 12.9. The second-order valence-corrected chi connectivity index (χ2v) is 31.1. The minimum absolute atomic E-state index is 0.00978. The Morgan fingerprint density at radius 2 is 0.991 bits per heavy atom. The van der Waals surface area contributed by atoms with Gasteiger partial charge in [-0.05, 0) is 152 Å². The molecule has 1 heterocycles. The number of amides is 14. The zero-order valence-corrected chi connectivity index (χ0v) is 69.5. The number of carbonyl (C=O) groups excluding carboxylic acids is 14. The van der Waals surface area contributed by atoms with Crippen molar-refractivity contribution in [2.24, 2.45) is 28.7 Å². The number of hydrogen-bond acceptors (Lipinski definition) is 23. The van der Waals surface area contributed by atoms with E-state index in [1.807, 2.05) is 6.26 Å². The lowest BCUT2D eigenvalue weighted by Crippen LogP contribution is -2.61. The van der Waals surface area contributed by atoms with Crippen molar-refractivity contribution in [3.8, 4) is 5.75 Å². The number of guanidine groups is 1. The Labute approximate surface area is 688 Å². The average Bonchev–Trinajstić information content (AvgIpc) is 1.65. The number of phenolic OH excluding ortho intramolecular Hbond substituents is 1. The number of phenols is 1. The van der Waals surface area contributed by atoms with E-state index in [4.69, 9.17) is 34.1 Å². The first-order valence-electron chi connectivity index (χ1n) is 40.2. The lowest BCUT2D eigenvalue weighted by molar-refractivity contribution is -0.142. The zero-order valence-electron chi connectivity index (χ0n) is 67.8. The number of rotatable bonds is 64. The summed E-state index contributed by atoms with van der Waals surface area (Å²) in [6.45, 7) is 3.51. The number of aliphatic hydroxyl groups excluding tert-OH is 2. The highest BCUT2D eigenvalue weighted by atomic mass is 32.2. The number of nitrogens with zero attached hydrogens (tertiary/aromatic N) is 1. The van der Waals surface area contributed by atoms with E-state index in [-0.39, 0.29) is 108 Å². The number of aromatic hydroxyl groups is 1. The van der Waals surface area contributed by atoms with E-state index >= 15 is 0 Å². The van der Waals surface area contributed by atoms with Crippen molar-refractivity contribution in [1.29, 1.82) is 5.41 Å². The Hall–Kier alpha value is -9.12. The summed E-state index contributed by atoms with van der Waals surface area (Å²) in [6, 6.07) is -11.9. The van der Waals surface area contributed by atoms with Gasteiger partial charge in [0.2, 0.25) is 82.7 Å². The molecule has 1 fully saturated rings. The van der Waals surface area contributed by atoms with Gasteiger partial charge in [0.25, 0.3) is 0 Å². The molecular weight excluding hydrogens is 1550 g/mol. The molecule has 1 aromatic rings. The fraction of sp³-hybridized carbons (Fsp3) is 0.711. The molecule has 0 radical (unpaired) electrons. The van der Waals surface area contributed by atoms with Gasteiger partial charge < -0.3 is 118 Å². The molecule has 1 aliphatic rings. The van der Waals surface area contributed by atoms with Crippen LogP contribution in [0.5, 0.6) is 5.75 Å². The molecule has 0 bridgehead atoms. The molecule has 27 N–H and O–H groups in total. The van der Waals surface area contributed by atoms with Gasteiger partial charge in [0.05, 0.1) is 25.7 Å². The number of nitrogens with two attached hydrogens (primary N) is 5. The number of carboxylic acids is 1. The van der Waals surface area contributed by atoms with Gasteiger partial charge in [-0.2, -0.15) is 23.5 Å². The summed E-state index contributed by atoms with van der Waals surface area (Å²) >= 11 is 2.71. The molecule has 14 amide bonds. The first-order valence-corrected chi connectivity index (χ1v) is 43.0. The number of carboxylic acid groups (broad SMARTS) is 1. The molecule has 13 atom stereocenters. The molecule has 38 nitrogen and oxygen atoms in total. The van der Waals surface area contributed by atoms with Crippen molar-refractivity contribution in [3.63, 3.8) is 0 Å².